The summed E-state index contributed by atoms with van der Waals surface area (Å²) in [6.07, 6.45) is 6.60. The molecular formula is C17H21N3O3S. The first-order valence-corrected chi connectivity index (χ1v) is 9.17. The molecule has 0 saturated heterocycles. The molecule has 6 nitrogen and oxygen atoms in total. The van der Waals surface area contributed by atoms with E-state index < -0.39 is 23.5 Å². The Morgan fingerprint density at radius 2 is 2.12 bits per heavy atom. The predicted octanol–water partition coefficient (Wildman–Crippen LogP) is 2.69. The van der Waals surface area contributed by atoms with Crippen molar-refractivity contribution in [2.75, 3.05) is 6.26 Å². The van der Waals surface area contributed by atoms with Crippen LogP contribution in [0.4, 0.5) is 0 Å². The van der Waals surface area contributed by atoms with Gasteiger partial charge in [0.2, 0.25) is 0 Å². The fourth-order valence-electron chi connectivity index (χ4n) is 2.74. The van der Waals surface area contributed by atoms with Crippen LogP contribution in [0.15, 0.2) is 23.4 Å². The van der Waals surface area contributed by atoms with Crippen LogP contribution in [0.3, 0.4) is 0 Å². The van der Waals surface area contributed by atoms with E-state index in [4.69, 9.17) is 4.74 Å². The lowest BCUT2D eigenvalue weighted by atomic mass is 9.83. The average molecular weight is 347 g/mol. The Labute approximate surface area is 146 Å². The van der Waals surface area contributed by atoms with Crippen molar-refractivity contribution in [2.45, 2.75) is 55.7 Å². The average Bonchev–Trinajstić information content (AvgIpc) is 2.62. The second kappa shape index (κ2) is 8.15. The Balaban J connectivity index is 2.01. The number of nitrogens with one attached hydrogen (secondary N) is 1. The molecule has 1 fully saturated rings. The van der Waals surface area contributed by atoms with Crippen LogP contribution >= 0.6 is 11.8 Å². The van der Waals surface area contributed by atoms with Gasteiger partial charge in [0.1, 0.15) is 10.6 Å². The first-order valence-electron chi connectivity index (χ1n) is 7.94. The van der Waals surface area contributed by atoms with Gasteiger partial charge in [0.05, 0.1) is 11.6 Å². The van der Waals surface area contributed by atoms with Crippen molar-refractivity contribution >= 4 is 23.6 Å². The molecule has 1 N–H and O–H groups in total. The van der Waals surface area contributed by atoms with E-state index in [2.05, 4.69) is 16.4 Å². The molecule has 1 saturated carbocycles. The van der Waals surface area contributed by atoms with E-state index in [1.807, 2.05) is 6.26 Å². The van der Waals surface area contributed by atoms with Gasteiger partial charge >= 0.3 is 5.97 Å². The quantitative estimate of drug-likeness (QED) is 0.650. The van der Waals surface area contributed by atoms with E-state index in [-0.39, 0.29) is 0 Å². The lowest BCUT2D eigenvalue weighted by Gasteiger charge is -2.32. The second-order valence-electron chi connectivity index (χ2n) is 5.85. The fraction of sp³-hybridized carbons (Fsp3) is 0.529. The summed E-state index contributed by atoms with van der Waals surface area (Å²) in [5, 5.41) is 12.7. The number of nitrogens with zero attached hydrogens (tertiary/aromatic N) is 2. The number of rotatable bonds is 5. The first kappa shape index (κ1) is 18.3. The highest BCUT2D eigenvalue weighted by Crippen LogP contribution is 2.27. The van der Waals surface area contributed by atoms with Crippen LogP contribution in [0.2, 0.25) is 0 Å². The van der Waals surface area contributed by atoms with Gasteiger partial charge in [0.25, 0.3) is 5.91 Å². The maximum absolute atomic E-state index is 12.3. The number of aromatic nitrogens is 1. The largest absolute Gasteiger partial charge is 0.449 e. The van der Waals surface area contributed by atoms with E-state index in [1.165, 1.54) is 18.7 Å². The number of carbonyl (C=O) groups is 2. The zero-order valence-corrected chi connectivity index (χ0v) is 14.7. The van der Waals surface area contributed by atoms with Gasteiger partial charge in [-0.3, -0.25) is 4.79 Å². The monoisotopic (exact) mass is 347 g/mol. The van der Waals surface area contributed by atoms with Crippen molar-refractivity contribution in [3.05, 3.63) is 23.9 Å². The van der Waals surface area contributed by atoms with Crippen LogP contribution in [-0.4, -0.2) is 34.8 Å². The molecule has 0 aliphatic heterocycles. The smallest absolute Gasteiger partial charge is 0.341 e. The number of ether oxygens (including phenoxy) is 1. The van der Waals surface area contributed by atoms with Crippen molar-refractivity contribution in [3.63, 3.8) is 0 Å². The molecule has 1 aliphatic rings. The second-order valence-corrected chi connectivity index (χ2v) is 6.65. The third-order valence-electron chi connectivity index (χ3n) is 4.12. The number of thioether (sulfide) groups is 1. The molecule has 2 rings (SSSR count). The molecule has 0 bridgehead atoms. The Morgan fingerprint density at radius 1 is 1.42 bits per heavy atom. The van der Waals surface area contributed by atoms with E-state index in [1.54, 1.807) is 18.3 Å². The van der Waals surface area contributed by atoms with Crippen molar-refractivity contribution < 1.29 is 14.3 Å². The van der Waals surface area contributed by atoms with Gasteiger partial charge in [-0.1, -0.05) is 19.3 Å². The van der Waals surface area contributed by atoms with Crippen LogP contribution in [-0.2, 0) is 9.53 Å². The number of amides is 1. The lowest BCUT2D eigenvalue weighted by Crippen LogP contribution is -2.52. The molecule has 1 heterocycles. The highest BCUT2D eigenvalue weighted by Gasteiger charge is 2.35. The van der Waals surface area contributed by atoms with Gasteiger partial charge in [-0.2, -0.15) is 5.26 Å². The molecule has 0 spiro atoms. The van der Waals surface area contributed by atoms with Crippen LogP contribution in [0.5, 0.6) is 0 Å². The minimum absolute atomic E-state index is 0.331. The number of nitriles is 1. The zero-order chi connectivity index (χ0) is 17.6. The van der Waals surface area contributed by atoms with E-state index in [0.29, 0.717) is 23.4 Å². The van der Waals surface area contributed by atoms with E-state index in [9.17, 15) is 14.9 Å². The minimum atomic E-state index is -0.973. The first-order chi connectivity index (χ1) is 11.5. The molecule has 128 valence electrons. The normalized spacial score (nSPS) is 17.4. The lowest BCUT2D eigenvalue weighted by molar-refractivity contribution is -0.130. The Morgan fingerprint density at radius 3 is 2.75 bits per heavy atom. The Hall–Kier alpha value is -2.07. The highest BCUT2D eigenvalue weighted by molar-refractivity contribution is 7.98. The zero-order valence-electron chi connectivity index (χ0n) is 13.9. The van der Waals surface area contributed by atoms with Gasteiger partial charge in [-0.05, 0) is 38.2 Å². The van der Waals surface area contributed by atoms with E-state index >= 15 is 0 Å². The molecule has 0 unspecified atom stereocenters. The molecule has 7 heteroatoms. The number of pyridine rings is 1. The summed E-state index contributed by atoms with van der Waals surface area (Å²) in [7, 11) is 0. The van der Waals surface area contributed by atoms with Crippen LogP contribution in [0, 0.1) is 11.3 Å². The summed E-state index contributed by atoms with van der Waals surface area (Å²) in [6.45, 7) is 1.51. The number of hydrogen-bond donors (Lipinski definition) is 1. The van der Waals surface area contributed by atoms with E-state index in [0.717, 1.165) is 19.3 Å². The number of hydrogen-bond acceptors (Lipinski definition) is 6. The Kier molecular flexibility index (Phi) is 6.21. The molecule has 1 atom stereocenters. The molecule has 1 aromatic rings. The maximum Gasteiger partial charge on any atom is 0.341 e. The summed E-state index contributed by atoms with van der Waals surface area (Å²) in [6, 6.07) is 5.48. The van der Waals surface area contributed by atoms with Gasteiger partial charge < -0.3 is 10.1 Å². The summed E-state index contributed by atoms with van der Waals surface area (Å²) < 4.78 is 5.26. The summed E-state index contributed by atoms with van der Waals surface area (Å²) >= 11 is 1.34. The minimum Gasteiger partial charge on any atom is -0.449 e. The summed E-state index contributed by atoms with van der Waals surface area (Å²) in [5.74, 6) is -1.04. The SMILES string of the molecule is CSc1ncccc1C(=O)O[C@@H](C)C(=O)NC1(C#N)CCCCC1. The third-order valence-corrected chi connectivity index (χ3v) is 4.83. The fourth-order valence-corrected chi connectivity index (χ4v) is 3.28. The molecule has 1 aromatic heterocycles. The van der Waals surface area contributed by atoms with Crippen molar-refractivity contribution in [2.24, 2.45) is 0 Å². The predicted molar refractivity (Wildman–Crippen MR) is 90.5 cm³/mol. The summed E-state index contributed by atoms with van der Waals surface area (Å²) in [5.41, 5.74) is -0.508. The molecule has 1 aliphatic carbocycles. The molecule has 24 heavy (non-hydrogen) atoms. The Bertz CT molecular complexity index is 651. The number of carbonyl (C=O) groups excluding carboxylic acids is 2. The molecule has 0 aromatic carbocycles. The molecular weight excluding hydrogens is 326 g/mol. The van der Waals surface area contributed by atoms with Crippen LogP contribution in [0.25, 0.3) is 0 Å². The number of esters is 1. The van der Waals surface area contributed by atoms with Crippen molar-refractivity contribution in [1.82, 2.24) is 10.3 Å². The maximum atomic E-state index is 12.3. The van der Waals surface area contributed by atoms with Crippen LogP contribution < -0.4 is 5.32 Å². The standard InChI is InChI=1S/C17H21N3O3S/c1-12(14(21)20-17(11-18)8-4-3-5-9-17)23-16(22)13-7-6-10-19-15(13)24-2/h6-7,10,12H,3-5,8-9H2,1-2H3,(H,20,21)/t12-/m0/s1. The van der Waals surface area contributed by atoms with Gasteiger partial charge in [0.15, 0.2) is 6.10 Å². The summed E-state index contributed by atoms with van der Waals surface area (Å²) in [4.78, 5) is 28.7. The highest BCUT2D eigenvalue weighted by atomic mass is 32.2. The van der Waals surface area contributed by atoms with Crippen molar-refractivity contribution in [3.8, 4) is 6.07 Å². The van der Waals surface area contributed by atoms with Gasteiger partial charge in [-0.25, -0.2) is 9.78 Å². The van der Waals surface area contributed by atoms with Gasteiger partial charge in [0, 0.05) is 6.20 Å². The topological polar surface area (TPSA) is 92.1 Å². The third kappa shape index (κ3) is 4.26. The van der Waals surface area contributed by atoms with Crippen LogP contribution in [0.1, 0.15) is 49.4 Å². The molecule has 1 amide bonds. The molecule has 0 radical (unpaired) electrons. The van der Waals surface area contributed by atoms with Gasteiger partial charge in [-0.15, -0.1) is 11.8 Å². The van der Waals surface area contributed by atoms with Crippen molar-refractivity contribution in [1.29, 1.82) is 5.26 Å².